The zero-order valence-electron chi connectivity index (χ0n) is 9.07. The summed E-state index contributed by atoms with van der Waals surface area (Å²) in [6.07, 6.45) is 0.656. The molecule has 1 unspecified atom stereocenters. The summed E-state index contributed by atoms with van der Waals surface area (Å²) in [5.41, 5.74) is 0.325. The number of benzene rings is 1. The van der Waals surface area contributed by atoms with Crippen LogP contribution in [0.15, 0.2) is 18.2 Å². The third kappa shape index (κ3) is 2.60. The van der Waals surface area contributed by atoms with Crippen LogP contribution in [0.4, 0.5) is 10.1 Å². The highest BCUT2D eigenvalue weighted by Gasteiger charge is 2.24. The lowest BCUT2D eigenvalue weighted by Crippen LogP contribution is -2.23. The third-order valence-corrected chi connectivity index (χ3v) is 2.66. The summed E-state index contributed by atoms with van der Waals surface area (Å²) in [7, 11) is 0. The Hall–Kier alpha value is -1.93. The van der Waals surface area contributed by atoms with Gasteiger partial charge in [-0.15, -0.1) is 0 Å². The first-order chi connectivity index (χ1) is 8.20. The van der Waals surface area contributed by atoms with Crippen LogP contribution in [0.5, 0.6) is 0 Å². The molecule has 0 radical (unpaired) electrons. The van der Waals surface area contributed by atoms with Crippen molar-refractivity contribution in [3.63, 3.8) is 0 Å². The van der Waals surface area contributed by atoms with Crippen molar-refractivity contribution >= 4 is 11.6 Å². The van der Waals surface area contributed by atoms with Crippen LogP contribution in [0.25, 0.3) is 0 Å². The van der Waals surface area contributed by atoms with Gasteiger partial charge in [0.25, 0.3) is 0 Å². The normalized spacial score (nSPS) is 18.7. The molecule has 4 nitrogen and oxygen atoms in total. The van der Waals surface area contributed by atoms with Gasteiger partial charge in [-0.2, -0.15) is 5.26 Å². The number of anilines is 1. The standard InChI is InChI=1S/C12H11FN2O2/c13-10-5-8(6-14)1-2-11(10)15-12(16)9-3-4-17-7-9/h1-2,5,9H,3-4,7H2,(H,15,16). The van der Waals surface area contributed by atoms with Crippen LogP contribution in [0.2, 0.25) is 0 Å². The van der Waals surface area contributed by atoms with Crippen molar-refractivity contribution < 1.29 is 13.9 Å². The van der Waals surface area contributed by atoms with Crippen molar-refractivity contribution in [2.24, 2.45) is 5.92 Å². The maximum Gasteiger partial charge on any atom is 0.229 e. The minimum Gasteiger partial charge on any atom is -0.381 e. The van der Waals surface area contributed by atoms with Gasteiger partial charge in [-0.25, -0.2) is 4.39 Å². The number of carbonyl (C=O) groups excluding carboxylic acids is 1. The molecule has 1 aromatic carbocycles. The minimum absolute atomic E-state index is 0.0981. The van der Waals surface area contributed by atoms with E-state index in [4.69, 9.17) is 10.00 Å². The molecular formula is C12H11FN2O2. The Morgan fingerprint density at radius 2 is 2.41 bits per heavy atom. The van der Waals surface area contributed by atoms with Gasteiger partial charge in [-0.05, 0) is 24.6 Å². The number of rotatable bonds is 2. The van der Waals surface area contributed by atoms with Crippen LogP contribution < -0.4 is 5.32 Å². The van der Waals surface area contributed by atoms with E-state index in [-0.39, 0.29) is 23.1 Å². The Kier molecular flexibility index (Phi) is 3.35. The molecule has 0 aliphatic carbocycles. The smallest absolute Gasteiger partial charge is 0.229 e. The van der Waals surface area contributed by atoms with Crippen molar-refractivity contribution in [1.82, 2.24) is 0 Å². The van der Waals surface area contributed by atoms with Gasteiger partial charge in [-0.1, -0.05) is 0 Å². The van der Waals surface area contributed by atoms with Gasteiger partial charge in [0.2, 0.25) is 5.91 Å². The Labute approximate surface area is 98.0 Å². The van der Waals surface area contributed by atoms with E-state index < -0.39 is 5.82 Å². The number of amides is 1. The number of ether oxygens (including phenoxy) is 1. The number of nitriles is 1. The fraction of sp³-hybridized carbons (Fsp3) is 0.333. The average molecular weight is 234 g/mol. The number of hydrogen-bond donors (Lipinski definition) is 1. The van der Waals surface area contributed by atoms with Gasteiger partial charge in [0, 0.05) is 6.61 Å². The molecule has 1 aliphatic rings. The fourth-order valence-electron chi connectivity index (χ4n) is 1.66. The van der Waals surface area contributed by atoms with Gasteiger partial charge in [0.05, 0.1) is 29.8 Å². The van der Waals surface area contributed by atoms with Crippen molar-refractivity contribution in [2.45, 2.75) is 6.42 Å². The summed E-state index contributed by atoms with van der Waals surface area (Å²) in [6, 6.07) is 5.78. The second-order valence-corrected chi connectivity index (χ2v) is 3.86. The van der Waals surface area contributed by atoms with Gasteiger partial charge < -0.3 is 10.1 Å². The molecule has 1 aromatic rings. The summed E-state index contributed by atoms with van der Waals surface area (Å²) >= 11 is 0. The Morgan fingerprint density at radius 3 is 3.00 bits per heavy atom. The van der Waals surface area contributed by atoms with Crippen LogP contribution >= 0.6 is 0 Å². The van der Waals surface area contributed by atoms with Gasteiger partial charge in [-0.3, -0.25) is 4.79 Å². The van der Waals surface area contributed by atoms with Crippen LogP contribution in [0.3, 0.4) is 0 Å². The summed E-state index contributed by atoms with van der Waals surface area (Å²) < 4.78 is 18.6. The molecule has 0 bridgehead atoms. The van der Waals surface area contributed by atoms with Gasteiger partial charge in [0.15, 0.2) is 0 Å². The molecule has 1 amide bonds. The molecule has 1 N–H and O–H groups in total. The molecule has 88 valence electrons. The number of halogens is 1. The summed E-state index contributed by atoms with van der Waals surface area (Å²) in [6.45, 7) is 0.942. The highest BCUT2D eigenvalue weighted by atomic mass is 19.1. The number of hydrogen-bond acceptors (Lipinski definition) is 3. The molecule has 0 aromatic heterocycles. The van der Waals surface area contributed by atoms with Crippen molar-refractivity contribution in [3.8, 4) is 6.07 Å². The summed E-state index contributed by atoms with van der Waals surface area (Å²) in [4.78, 5) is 11.7. The minimum atomic E-state index is -0.601. The maximum absolute atomic E-state index is 13.5. The number of nitrogens with one attached hydrogen (secondary N) is 1. The molecule has 1 atom stereocenters. The van der Waals surface area contributed by atoms with E-state index in [1.165, 1.54) is 12.1 Å². The quantitative estimate of drug-likeness (QED) is 0.846. The lowest BCUT2D eigenvalue weighted by Gasteiger charge is -2.09. The molecule has 0 spiro atoms. The van der Waals surface area contributed by atoms with E-state index in [0.29, 0.717) is 19.6 Å². The van der Waals surface area contributed by atoms with Crippen molar-refractivity contribution in [2.75, 3.05) is 18.5 Å². The van der Waals surface area contributed by atoms with Crippen molar-refractivity contribution in [1.29, 1.82) is 5.26 Å². The van der Waals surface area contributed by atoms with E-state index in [1.807, 2.05) is 6.07 Å². The molecule has 1 fully saturated rings. The fourth-order valence-corrected chi connectivity index (χ4v) is 1.66. The molecule has 2 rings (SSSR count). The van der Waals surface area contributed by atoms with E-state index >= 15 is 0 Å². The highest BCUT2D eigenvalue weighted by Crippen LogP contribution is 2.19. The lowest BCUT2D eigenvalue weighted by atomic mass is 10.1. The second-order valence-electron chi connectivity index (χ2n) is 3.86. The zero-order valence-corrected chi connectivity index (χ0v) is 9.07. The molecular weight excluding hydrogens is 223 g/mol. The first kappa shape index (κ1) is 11.6. The SMILES string of the molecule is N#Cc1ccc(NC(=O)C2CCOC2)c(F)c1. The van der Waals surface area contributed by atoms with E-state index in [9.17, 15) is 9.18 Å². The zero-order chi connectivity index (χ0) is 12.3. The molecule has 1 saturated heterocycles. The topological polar surface area (TPSA) is 62.1 Å². The summed E-state index contributed by atoms with van der Waals surface area (Å²) in [5, 5.41) is 11.1. The first-order valence-electron chi connectivity index (χ1n) is 5.29. The maximum atomic E-state index is 13.5. The first-order valence-corrected chi connectivity index (χ1v) is 5.29. The van der Waals surface area contributed by atoms with E-state index in [0.717, 1.165) is 6.07 Å². The van der Waals surface area contributed by atoms with Crippen LogP contribution in [-0.4, -0.2) is 19.1 Å². The predicted octanol–water partition coefficient (Wildman–Crippen LogP) is 1.67. The second kappa shape index (κ2) is 4.93. The monoisotopic (exact) mass is 234 g/mol. The summed E-state index contributed by atoms with van der Waals surface area (Å²) in [5.74, 6) is -1.06. The lowest BCUT2D eigenvalue weighted by molar-refractivity contribution is -0.119. The largest absolute Gasteiger partial charge is 0.381 e. The Morgan fingerprint density at radius 1 is 1.59 bits per heavy atom. The molecule has 1 heterocycles. The van der Waals surface area contributed by atoms with Crippen LogP contribution in [0, 0.1) is 23.1 Å². The third-order valence-electron chi connectivity index (χ3n) is 2.66. The van der Waals surface area contributed by atoms with Gasteiger partial charge >= 0.3 is 0 Å². The van der Waals surface area contributed by atoms with Crippen molar-refractivity contribution in [3.05, 3.63) is 29.6 Å². The molecule has 17 heavy (non-hydrogen) atoms. The number of nitrogens with zero attached hydrogens (tertiary/aromatic N) is 1. The number of carbonyl (C=O) groups is 1. The molecule has 1 aliphatic heterocycles. The average Bonchev–Trinajstić information content (AvgIpc) is 2.85. The van der Waals surface area contributed by atoms with Gasteiger partial charge in [0.1, 0.15) is 5.82 Å². The highest BCUT2D eigenvalue weighted by molar-refractivity contribution is 5.92. The van der Waals surface area contributed by atoms with E-state index in [2.05, 4.69) is 5.32 Å². The van der Waals surface area contributed by atoms with E-state index in [1.54, 1.807) is 0 Å². The molecule has 0 saturated carbocycles. The Bertz CT molecular complexity index is 476. The van der Waals surface area contributed by atoms with Crippen LogP contribution in [-0.2, 0) is 9.53 Å². The predicted molar refractivity (Wildman–Crippen MR) is 58.7 cm³/mol. The Balaban J connectivity index is 2.08. The van der Waals surface area contributed by atoms with Crippen LogP contribution in [0.1, 0.15) is 12.0 Å². The molecule has 5 heteroatoms.